The molecule has 166 valence electrons. The Morgan fingerprint density at radius 3 is 2.94 bits per heavy atom. The van der Waals surface area contributed by atoms with Gasteiger partial charge in [-0.2, -0.15) is 5.26 Å². The van der Waals surface area contributed by atoms with E-state index in [0.29, 0.717) is 25.8 Å². The zero-order chi connectivity index (χ0) is 22.7. The van der Waals surface area contributed by atoms with Crippen molar-refractivity contribution in [3.63, 3.8) is 0 Å². The van der Waals surface area contributed by atoms with Crippen LogP contribution in [0.2, 0.25) is 0 Å². The highest BCUT2D eigenvalue weighted by Crippen LogP contribution is 2.58. The molecule has 0 aromatic heterocycles. The van der Waals surface area contributed by atoms with E-state index in [1.54, 1.807) is 18.1 Å². The number of alkyl halides is 1. The maximum absolute atomic E-state index is 13.0. The Labute approximate surface area is 199 Å². The number of thioether (sulfide) groups is 1. The van der Waals surface area contributed by atoms with Gasteiger partial charge in [0, 0.05) is 25.2 Å². The molecule has 0 bridgehead atoms. The number of nitriles is 1. The van der Waals surface area contributed by atoms with Gasteiger partial charge in [0.2, 0.25) is 0 Å². The first-order valence-corrected chi connectivity index (χ1v) is 12.6. The molecule has 0 saturated heterocycles. The van der Waals surface area contributed by atoms with Crippen molar-refractivity contribution in [2.45, 2.75) is 56.7 Å². The van der Waals surface area contributed by atoms with Gasteiger partial charge in [0.25, 0.3) is 0 Å². The molecule has 0 aromatic carbocycles. The third-order valence-corrected chi connectivity index (χ3v) is 7.53. The van der Waals surface area contributed by atoms with Gasteiger partial charge in [-0.15, -0.1) is 30.0 Å². The number of unbranched alkanes of at least 4 members (excludes halogenated alkanes) is 2. The number of hydrogen-bond acceptors (Lipinski definition) is 5. The molecule has 7 heteroatoms. The second-order valence-corrected chi connectivity index (χ2v) is 9.77. The summed E-state index contributed by atoms with van der Waals surface area (Å²) in [7, 11) is 3.35. The number of esters is 1. The van der Waals surface area contributed by atoms with Crippen LogP contribution >= 0.6 is 27.7 Å². The predicted octanol–water partition coefficient (Wildman–Crippen LogP) is 4.74. The van der Waals surface area contributed by atoms with Gasteiger partial charge in [-0.05, 0) is 49.0 Å². The van der Waals surface area contributed by atoms with Crippen molar-refractivity contribution in [3.8, 4) is 30.3 Å². The van der Waals surface area contributed by atoms with Crippen LogP contribution in [0.5, 0.6) is 0 Å². The van der Waals surface area contributed by atoms with Gasteiger partial charge in [-0.1, -0.05) is 21.9 Å². The van der Waals surface area contributed by atoms with Crippen LogP contribution in [0, 0.1) is 46.8 Å². The number of ether oxygens (including phenoxy) is 1. The normalized spacial score (nSPS) is 24.7. The van der Waals surface area contributed by atoms with Crippen LogP contribution in [0.3, 0.4) is 0 Å². The molecule has 0 spiro atoms. The molecule has 0 aromatic rings. The van der Waals surface area contributed by atoms with E-state index in [9.17, 15) is 10.1 Å². The fraction of sp³-hybridized carbons (Fsp3) is 0.625. The predicted molar refractivity (Wildman–Crippen MR) is 130 cm³/mol. The van der Waals surface area contributed by atoms with Gasteiger partial charge in [-0.3, -0.25) is 9.79 Å². The number of carbonyl (C=O) groups excluding carboxylic acids is 1. The third-order valence-electron chi connectivity index (χ3n) is 5.62. The average Bonchev–Trinajstić information content (AvgIpc) is 3.15. The summed E-state index contributed by atoms with van der Waals surface area (Å²) >= 11 is 5.02. The summed E-state index contributed by atoms with van der Waals surface area (Å²) in [6.45, 7) is 0.589. The number of allylic oxidation sites excluding steroid dienone is 1. The lowest BCUT2D eigenvalue weighted by Gasteiger charge is -2.37. The van der Waals surface area contributed by atoms with Gasteiger partial charge in [0.15, 0.2) is 0 Å². The number of terminal acetylenes is 1. The Hall–Kier alpha value is -1.88. The maximum Gasteiger partial charge on any atom is 0.316 e. The fourth-order valence-electron chi connectivity index (χ4n) is 4.19. The van der Waals surface area contributed by atoms with Gasteiger partial charge in [0.1, 0.15) is 11.3 Å². The van der Waals surface area contributed by atoms with E-state index < -0.39 is 11.3 Å². The number of aliphatic imine (C=N–C) groups is 1. The van der Waals surface area contributed by atoms with Gasteiger partial charge >= 0.3 is 5.97 Å². The van der Waals surface area contributed by atoms with Crippen molar-refractivity contribution >= 4 is 40.0 Å². The number of halogens is 1. The van der Waals surface area contributed by atoms with E-state index in [1.807, 2.05) is 11.9 Å². The maximum atomic E-state index is 13.0. The highest BCUT2D eigenvalue weighted by molar-refractivity contribution is 9.09. The fourth-order valence-corrected chi connectivity index (χ4v) is 5.92. The number of hydrogen-bond donors (Lipinski definition) is 0. The minimum Gasteiger partial charge on any atom is -0.468 e. The van der Waals surface area contributed by atoms with Crippen molar-refractivity contribution in [2.75, 3.05) is 26.0 Å². The molecule has 0 fully saturated rings. The van der Waals surface area contributed by atoms with Gasteiger partial charge < -0.3 is 9.64 Å². The minimum absolute atomic E-state index is 0.252. The van der Waals surface area contributed by atoms with Gasteiger partial charge in [0.05, 0.1) is 31.5 Å². The highest BCUT2D eigenvalue weighted by Gasteiger charge is 2.53. The summed E-state index contributed by atoms with van der Waals surface area (Å²) in [6, 6.07) is 2.44. The molecule has 1 heterocycles. The van der Waals surface area contributed by atoms with E-state index in [4.69, 9.17) is 16.2 Å². The molecule has 31 heavy (non-hydrogen) atoms. The van der Waals surface area contributed by atoms with Crippen LogP contribution in [-0.4, -0.2) is 48.6 Å². The zero-order valence-corrected chi connectivity index (χ0v) is 20.7. The molecule has 3 atom stereocenters. The summed E-state index contributed by atoms with van der Waals surface area (Å²) in [5, 5.41) is 10.7. The van der Waals surface area contributed by atoms with Crippen LogP contribution in [0.1, 0.15) is 51.4 Å². The number of carbonyl (C=O) groups is 1. The summed E-state index contributed by atoms with van der Waals surface area (Å²) in [5.74, 6) is 8.24. The Balaban J connectivity index is 2.18. The second-order valence-electron chi connectivity index (χ2n) is 7.76. The first-order chi connectivity index (χ1) is 15.0. The molecule has 0 saturated carbocycles. The van der Waals surface area contributed by atoms with E-state index in [1.165, 1.54) is 7.11 Å². The molecule has 0 amide bonds. The van der Waals surface area contributed by atoms with Crippen molar-refractivity contribution < 1.29 is 9.53 Å². The Kier molecular flexibility index (Phi) is 10.5. The molecule has 1 aliphatic heterocycles. The lowest BCUT2D eigenvalue weighted by Crippen LogP contribution is -2.39. The summed E-state index contributed by atoms with van der Waals surface area (Å²) in [6.07, 6.45) is 13.5. The quantitative estimate of drug-likeness (QED) is 0.113. The molecule has 3 unspecified atom stereocenters. The Morgan fingerprint density at radius 1 is 1.45 bits per heavy atom. The Bertz CT molecular complexity index is 846. The van der Waals surface area contributed by atoms with E-state index in [2.05, 4.69) is 39.8 Å². The first-order valence-electron chi connectivity index (χ1n) is 10.6. The Morgan fingerprint density at radius 2 is 2.26 bits per heavy atom. The minimum atomic E-state index is -0.760. The molecule has 2 rings (SSSR count). The molecule has 1 aliphatic carbocycles. The van der Waals surface area contributed by atoms with E-state index >= 15 is 0 Å². The van der Waals surface area contributed by atoms with Crippen LogP contribution in [0.25, 0.3) is 0 Å². The lowest BCUT2D eigenvalue weighted by atomic mass is 9.65. The van der Waals surface area contributed by atoms with Crippen LogP contribution < -0.4 is 0 Å². The molecule has 0 radical (unpaired) electrons. The highest BCUT2D eigenvalue weighted by atomic mass is 79.9. The SMILES string of the molecule is C#CCCCC1(C(=O)OC)CCCC2=C1C(C#N)C(/N=C/N(C)CC#CCCCBr)S2. The van der Waals surface area contributed by atoms with Crippen molar-refractivity contribution in [3.05, 3.63) is 10.5 Å². The first kappa shape index (κ1) is 25.4. The van der Waals surface area contributed by atoms with E-state index in [0.717, 1.165) is 47.9 Å². The molecule has 5 nitrogen and oxygen atoms in total. The summed E-state index contributed by atoms with van der Waals surface area (Å²) in [4.78, 5) is 20.7. The smallest absolute Gasteiger partial charge is 0.316 e. The standard InChI is InChI=1S/C24H30BrN3O2S/c1-4-5-8-13-24(23(29)30-3)14-11-12-20-21(24)19(17-26)22(31-20)27-18-28(2)16-10-7-6-9-15-25/h1,18-19,22H,5-6,8-9,11-16H2,2-3H3/b27-18+. The molecule has 2 aliphatic rings. The van der Waals surface area contributed by atoms with Crippen LogP contribution in [0.15, 0.2) is 15.5 Å². The third kappa shape index (κ3) is 6.31. The van der Waals surface area contributed by atoms with Gasteiger partial charge in [-0.25, -0.2) is 0 Å². The summed E-state index contributed by atoms with van der Waals surface area (Å²) < 4.78 is 5.22. The van der Waals surface area contributed by atoms with Crippen molar-refractivity contribution in [1.29, 1.82) is 5.26 Å². The zero-order valence-electron chi connectivity index (χ0n) is 18.3. The van der Waals surface area contributed by atoms with Crippen LogP contribution in [-0.2, 0) is 9.53 Å². The van der Waals surface area contributed by atoms with Crippen LogP contribution in [0.4, 0.5) is 0 Å². The number of methoxy groups -OCH3 is 1. The van der Waals surface area contributed by atoms with Crippen molar-refractivity contribution in [1.82, 2.24) is 4.90 Å². The largest absolute Gasteiger partial charge is 0.468 e. The summed E-state index contributed by atoms with van der Waals surface area (Å²) in [5.41, 5.74) is 0.165. The second kappa shape index (κ2) is 12.8. The number of nitrogens with zero attached hydrogens (tertiary/aromatic N) is 3. The molecular formula is C24H30BrN3O2S. The molecular weight excluding hydrogens is 474 g/mol. The lowest BCUT2D eigenvalue weighted by molar-refractivity contribution is -0.152. The molecule has 0 N–H and O–H groups in total. The average molecular weight is 504 g/mol. The topological polar surface area (TPSA) is 65.7 Å². The van der Waals surface area contributed by atoms with Crippen molar-refractivity contribution in [2.24, 2.45) is 16.3 Å². The monoisotopic (exact) mass is 503 g/mol. The number of rotatable bonds is 9. The van der Waals surface area contributed by atoms with E-state index in [-0.39, 0.29) is 11.3 Å².